The van der Waals surface area contributed by atoms with Crippen molar-refractivity contribution in [2.75, 3.05) is 13.7 Å². The van der Waals surface area contributed by atoms with E-state index in [2.05, 4.69) is 17.4 Å². The first-order valence-electron chi connectivity index (χ1n) is 11.1. The zero-order valence-corrected chi connectivity index (χ0v) is 19.4. The van der Waals surface area contributed by atoms with Gasteiger partial charge in [0.05, 0.1) is 12.7 Å². The van der Waals surface area contributed by atoms with Gasteiger partial charge in [0.1, 0.15) is 11.4 Å². The summed E-state index contributed by atoms with van der Waals surface area (Å²) >= 11 is 0. The summed E-state index contributed by atoms with van der Waals surface area (Å²) < 4.78 is 10.8. The van der Waals surface area contributed by atoms with Crippen LogP contribution in [0.25, 0.3) is 0 Å². The van der Waals surface area contributed by atoms with Crippen LogP contribution in [0.4, 0.5) is 0 Å². The molecule has 32 heavy (non-hydrogen) atoms. The Labute approximate surface area is 190 Å². The van der Waals surface area contributed by atoms with E-state index >= 15 is 0 Å². The predicted octanol–water partition coefficient (Wildman–Crippen LogP) is 5.21. The lowest BCUT2D eigenvalue weighted by atomic mass is 9.68. The van der Waals surface area contributed by atoms with Crippen molar-refractivity contribution < 1.29 is 19.1 Å². The van der Waals surface area contributed by atoms with E-state index < -0.39 is 5.60 Å². The lowest BCUT2D eigenvalue weighted by Crippen LogP contribution is -2.42. The number of para-hydroxylation sites is 1. The molecule has 0 aromatic heterocycles. The molecule has 0 saturated heterocycles. The van der Waals surface area contributed by atoms with Gasteiger partial charge < -0.3 is 14.8 Å². The van der Waals surface area contributed by atoms with Gasteiger partial charge in [-0.25, -0.2) is 4.79 Å². The number of allylic oxidation sites excluding steroid dienone is 1. The van der Waals surface area contributed by atoms with Gasteiger partial charge in [-0.15, -0.1) is 0 Å². The van der Waals surface area contributed by atoms with Gasteiger partial charge in [0.2, 0.25) is 0 Å². The lowest BCUT2D eigenvalue weighted by Gasteiger charge is -2.39. The fourth-order valence-corrected chi connectivity index (χ4v) is 4.23. The Morgan fingerprint density at radius 1 is 1.00 bits per heavy atom. The van der Waals surface area contributed by atoms with Crippen LogP contribution in [-0.2, 0) is 14.9 Å². The summed E-state index contributed by atoms with van der Waals surface area (Å²) in [6.07, 6.45) is 4.92. The van der Waals surface area contributed by atoms with Crippen LogP contribution in [0.3, 0.4) is 0 Å². The lowest BCUT2D eigenvalue weighted by molar-refractivity contribution is -0.148. The van der Waals surface area contributed by atoms with Crippen molar-refractivity contribution in [3.05, 3.63) is 77.4 Å². The maximum Gasteiger partial charge on any atom is 0.331 e. The van der Waals surface area contributed by atoms with Crippen molar-refractivity contribution in [1.29, 1.82) is 0 Å². The molecule has 0 bridgehead atoms. The van der Waals surface area contributed by atoms with Gasteiger partial charge in [0.15, 0.2) is 0 Å². The highest BCUT2D eigenvalue weighted by molar-refractivity contribution is 5.97. The molecule has 5 heteroatoms. The molecule has 0 radical (unpaired) electrons. The summed E-state index contributed by atoms with van der Waals surface area (Å²) in [5, 5.41) is 3.14. The van der Waals surface area contributed by atoms with E-state index in [4.69, 9.17) is 9.47 Å². The molecule has 2 aromatic rings. The van der Waals surface area contributed by atoms with E-state index in [1.807, 2.05) is 51.1 Å². The standard InChI is InChI=1S/C27H33NO4/c1-26(2,3)32-24(29)18-20-14-16-27(17-15-20,21-10-6-5-7-11-21)19-28-25(30)22-12-8-9-13-23(22)31-4/h5-13,18H,14-17,19H2,1-4H3,(H,28,30). The molecule has 5 nitrogen and oxygen atoms in total. The van der Waals surface area contributed by atoms with Crippen molar-refractivity contribution in [2.24, 2.45) is 0 Å². The molecule has 1 saturated carbocycles. The molecule has 1 aliphatic rings. The van der Waals surface area contributed by atoms with Gasteiger partial charge in [-0.3, -0.25) is 4.79 Å². The first-order valence-corrected chi connectivity index (χ1v) is 11.1. The van der Waals surface area contributed by atoms with E-state index in [-0.39, 0.29) is 17.3 Å². The molecule has 0 heterocycles. The predicted molar refractivity (Wildman–Crippen MR) is 126 cm³/mol. The van der Waals surface area contributed by atoms with Gasteiger partial charge in [-0.2, -0.15) is 0 Å². The Bertz CT molecular complexity index is 963. The third-order valence-corrected chi connectivity index (χ3v) is 5.90. The number of carbonyl (C=O) groups is 2. The van der Waals surface area contributed by atoms with Crippen molar-refractivity contribution >= 4 is 11.9 Å². The largest absolute Gasteiger partial charge is 0.496 e. The molecule has 0 unspecified atom stereocenters. The second kappa shape index (κ2) is 10.0. The third kappa shape index (κ3) is 6.00. The molecule has 170 valence electrons. The van der Waals surface area contributed by atoms with Crippen LogP contribution < -0.4 is 10.1 Å². The number of ether oxygens (including phenoxy) is 2. The van der Waals surface area contributed by atoms with Crippen LogP contribution in [-0.4, -0.2) is 31.1 Å². The zero-order chi connectivity index (χ0) is 23.2. The van der Waals surface area contributed by atoms with E-state index in [0.29, 0.717) is 17.9 Å². The quantitative estimate of drug-likeness (QED) is 0.500. The molecule has 0 spiro atoms. The van der Waals surface area contributed by atoms with E-state index in [1.54, 1.807) is 25.3 Å². The number of hydrogen-bond donors (Lipinski definition) is 1. The van der Waals surface area contributed by atoms with Crippen LogP contribution >= 0.6 is 0 Å². The van der Waals surface area contributed by atoms with Crippen LogP contribution in [0, 0.1) is 0 Å². The zero-order valence-electron chi connectivity index (χ0n) is 19.4. The Morgan fingerprint density at radius 2 is 1.62 bits per heavy atom. The highest BCUT2D eigenvalue weighted by Gasteiger charge is 2.36. The average Bonchev–Trinajstić information content (AvgIpc) is 2.78. The summed E-state index contributed by atoms with van der Waals surface area (Å²) in [5.41, 5.74) is 2.14. The number of methoxy groups -OCH3 is 1. The summed E-state index contributed by atoms with van der Waals surface area (Å²) in [5.74, 6) is 0.127. The number of nitrogens with one attached hydrogen (secondary N) is 1. The van der Waals surface area contributed by atoms with E-state index in [1.165, 1.54) is 5.56 Å². The Hall–Kier alpha value is -3.08. The molecule has 1 aliphatic carbocycles. The highest BCUT2D eigenvalue weighted by atomic mass is 16.6. The summed E-state index contributed by atoms with van der Waals surface area (Å²) in [6.45, 7) is 6.13. The highest BCUT2D eigenvalue weighted by Crippen LogP contribution is 2.41. The van der Waals surface area contributed by atoms with Crippen molar-refractivity contribution in [3.8, 4) is 5.75 Å². The van der Waals surface area contributed by atoms with Crippen molar-refractivity contribution in [2.45, 2.75) is 57.5 Å². The van der Waals surface area contributed by atoms with Gasteiger partial charge in [0, 0.05) is 18.0 Å². The van der Waals surface area contributed by atoms with Crippen LogP contribution in [0.1, 0.15) is 62.4 Å². The van der Waals surface area contributed by atoms with Gasteiger partial charge in [-0.1, -0.05) is 48.0 Å². The molecule has 3 rings (SSSR count). The Kier molecular flexibility index (Phi) is 7.39. The molecule has 1 amide bonds. The molecule has 1 N–H and O–H groups in total. The minimum Gasteiger partial charge on any atom is -0.496 e. The second-order valence-corrected chi connectivity index (χ2v) is 9.37. The summed E-state index contributed by atoms with van der Waals surface area (Å²) in [7, 11) is 1.57. The molecule has 0 atom stereocenters. The fourth-order valence-electron chi connectivity index (χ4n) is 4.23. The maximum absolute atomic E-state index is 12.9. The number of hydrogen-bond acceptors (Lipinski definition) is 4. The third-order valence-electron chi connectivity index (χ3n) is 5.90. The SMILES string of the molecule is COc1ccccc1C(=O)NCC1(c2ccccc2)CCC(=CC(=O)OC(C)(C)C)CC1. The monoisotopic (exact) mass is 435 g/mol. The normalized spacial score (nSPS) is 18.6. The minimum absolute atomic E-state index is 0.146. The molecule has 2 aromatic carbocycles. The topological polar surface area (TPSA) is 64.6 Å². The van der Waals surface area contributed by atoms with E-state index in [0.717, 1.165) is 31.3 Å². The summed E-state index contributed by atoms with van der Waals surface area (Å²) in [4.78, 5) is 25.1. The first-order chi connectivity index (χ1) is 15.2. The maximum atomic E-state index is 12.9. The number of rotatable bonds is 6. The number of amides is 1. The van der Waals surface area contributed by atoms with Gasteiger partial charge >= 0.3 is 5.97 Å². The Balaban J connectivity index is 1.75. The number of esters is 1. The van der Waals surface area contributed by atoms with Crippen LogP contribution in [0.5, 0.6) is 5.75 Å². The summed E-state index contributed by atoms with van der Waals surface area (Å²) in [6, 6.07) is 17.6. The van der Waals surface area contributed by atoms with E-state index in [9.17, 15) is 9.59 Å². The minimum atomic E-state index is -0.501. The van der Waals surface area contributed by atoms with Crippen LogP contribution in [0.15, 0.2) is 66.2 Å². The second-order valence-electron chi connectivity index (χ2n) is 9.37. The van der Waals surface area contributed by atoms with Crippen LogP contribution in [0.2, 0.25) is 0 Å². The molecular weight excluding hydrogens is 402 g/mol. The fraction of sp³-hybridized carbons (Fsp3) is 0.407. The van der Waals surface area contributed by atoms with Crippen molar-refractivity contribution in [3.63, 3.8) is 0 Å². The first kappa shape index (κ1) is 23.6. The number of benzene rings is 2. The molecular formula is C27H33NO4. The number of carbonyl (C=O) groups excluding carboxylic acids is 2. The molecule has 0 aliphatic heterocycles. The van der Waals surface area contributed by atoms with Gasteiger partial charge in [-0.05, 0) is 64.2 Å². The van der Waals surface area contributed by atoms with Crippen molar-refractivity contribution in [1.82, 2.24) is 5.32 Å². The Morgan fingerprint density at radius 3 is 2.25 bits per heavy atom. The smallest absolute Gasteiger partial charge is 0.331 e. The molecule has 1 fully saturated rings. The average molecular weight is 436 g/mol. The van der Waals surface area contributed by atoms with Gasteiger partial charge in [0.25, 0.3) is 5.91 Å².